The Morgan fingerprint density at radius 2 is 1.67 bits per heavy atom. The van der Waals surface area contributed by atoms with Crippen LogP contribution in [0.4, 0.5) is 5.69 Å². The molecule has 0 saturated carbocycles. The normalized spacial score (nSPS) is 12.9. The number of carbonyl (C=O) groups excluding carboxylic acids is 3. The fourth-order valence-electron chi connectivity index (χ4n) is 3.64. The van der Waals surface area contributed by atoms with Crippen LogP contribution >= 0.6 is 11.6 Å². The van der Waals surface area contributed by atoms with E-state index in [9.17, 15) is 22.8 Å². The minimum Gasteiger partial charge on any atom is -0.352 e. The summed E-state index contributed by atoms with van der Waals surface area (Å²) in [6.07, 6.45) is 2.05. The summed E-state index contributed by atoms with van der Waals surface area (Å²) in [6, 6.07) is 12.1. The molecule has 36 heavy (non-hydrogen) atoms. The van der Waals surface area contributed by atoms with Gasteiger partial charge in [0.25, 0.3) is 0 Å². The molecule has 196 valence electrons. The molecule has 0 heterocycles. The third-order valence-electron chi connectivity index (χ3n) is 5.87. The molecule has 8 nitrogen and oxygen atoms in total. The first-order valence-electron chi connectivity index (χ1n) is 11.8. The van der Waals surface area contributed by atoms with Crippen molar-refractivity contribution in [3.63, 3.8) is 0 Å². The van der Waals surface area contributed by atoms with Gasteiger partial charge in [-0.2, -0.15) is 0 Å². The van der Waals surface area contributed by atoms with E-state index in [1.165, 1.54) is 24.0 Å². The molecule has 2 amide bonds. The van der Waals surface area contributed by atoms with Crippen LogP contribution in [0.15, 0.2) is 48.5 Å². The molecule has 1 N–H and O–H groups in total. The van der Waals surface area contributed by atoms with Crippen LogP contribution in [-0.2, 0) is 26.2 Å². The van der Waals surface area contributed by atoms with Gasteiger partial charge in [-0.3, -0.25) is 18.7 Å². The highest BCUT2D eigenvalue weighted by atomic mass is 35.5. The number of anilines is 1. The van der Waals surface area contributed by atoms with Gasteiger partial charge in [0.05, 0.1) is 11.9 Å². The van der Waals surface area contributed by atoms with Gasteiger partial charge in [-0.1, -0.05) is 49.7 Å². The molecule has 0 radical (unpaired) electrons. The van der Waals surface area contributed by atoms with Crippen LogP contribution < -0.4 is 9.62 Å². The molecular formula is C26H34ClN3O5S. The van der Waals surface area contributed by atoms with Crippen LogP contribution in [0.25, 0.3) is 0 Å². The number of nitrogens with one attached hydrogen (secondary N) is 1. The van der Waals surface area contributed by atoms with Crippen molar-refractivity contribution in [2.75, 3.05) is 17.1 Å². The second kappa shape index (κ2) is 12.9. The number of carbonyl (C=O) groups is 3. The predicted molar refractivity (Wildman–Crippen MR) is 143 cm³/mol. The summed E-state index contributed by atoms with van der Waals surface area (Å²) in [7, 11) is -3.89. The number of hydrogen-bond acceptors (Lipinski definition) is 5. The zero-order valence-corrected chi connectivity index (χ0v) is 22.9. The first-order valence-corrected chi connectivity index (χ1v) is 14.0. The van der Waals surface area contributed by atoms with Crippen molar-refractivity contribution in [2.24, 2.45) is 0 Å². The smallest absolute Gasteiger partial charge is 0.244 e. The summed E-state index contributed by atoms with van der Waals surface area (Å²) in [4.78, 5) is 40.0. The highest BCUT2D eigenvalue weighted by molar-refractivity contribution is 7.92. The standard InChI is InChI=1S/C26H34ClN3O5S/c1-6-18(3)28-26(33)24(7-2)29(16-20-11-13-22(27)14-12-20)25(32)17-30(36(5,34)35)23-10-8-9-21(15-23)19(4)31/h8-15,18,24H,6-7,16-17H2,1-5H3,(H,28,33)/t18-,24+/m0/s1. The highest BCUT2D eigenvalue weighted by Gasteiger charge is 2.32. The van der Waals surface area contributed by atoms with Crippen molar-refractivity contribution in [3.05, 3.63) is 64.7 Å². The van der Waals surface area contributed by atoms with Crippen molar-refractivity contribution in [3.8, 4) is 0 Å². The second-order valence-electron chi connectivity index (χ2n) is 8.77. The first-order chi connectivity index (χ1) is 16.9. The minimum atomic E-state index is -3.89. The van der Waals surface area contributed by atoms with E-state index in [1.807, 2.05) is 13.8 Å². The Labute approximate surface area is 218 Å². The Bertz CT molecular complexity index is 1180. The van der Waals surface area contributed by atoms with E-state index >= 15 is 0 Å². The zero-order chi connectivity index (χ0) is 27.0. The maximum absolute atomic E-state index is 13.7. The molecule has 0 aliphatic carbocycles. The molecule has 10 heteroatoms. The van der Waals surface area contributed by atoms with Gasteiger partial charge < -0.3 is 10.2 Å². The van der Waals surface area contributed by atoms with Crippen molar-refractivity contribution in [1.82, 2.24) is 10.2 Å². The quantitative estimate of drug-likeness (QED) is 0.413. The van der Waals surface area contributed by atoms with Gasteiger partial charge in [0.1, 0.15) is 12.6 Å². The number of halogens is 1. The lowest BCUT2D eigenvalue weighted by atomic mass is 10.1. The van der Waals surface area contributed by atoms with Crippen LogP contribution in [0.1, 0.15) is 56.5 Å². The number of sulfonamides is 1. The molecular weight excluding hydrogens is 502 g/mol. The van der Waals surface area contributed by atoms with Gasteiger partial charge in [0, 0.05) is 23.2 Å². The molecule has 0 bridgehead atoms. The topological polar surface area (TPSA) is 104 Å². The molecule has 0 aliphatic heterocycles. The van der Waals surface area contributed by atoms with Crippen molar-refractivity contribution in [2.45, 2.75) is 59.2 Å². The highest BCUT2D eigenvalue weighted by Crippen LogP contribution is 2.22. The summed E-state index contributed by atoms with van der Waals surface area (Å²) >= 11 is 6.00. The third-order valence-corrected chi connectivity index (χ3v) is 7.27. The van der Waals surface area contributed by atoms with Gasteiger partial charge in [0.2, 0.25) is 21.8 Å². The fraction of sp³-hybridized carbons (Fsp3) is 0.423. The Hall–Kier alpha value is -2.91. The molecule has 0 spiro atoms. The van der Waals surface area contributed by atoms with Crippen LogP contribution in [0, 0.1) is 0 Å². The molecule has 0 unspecified atom stereocenters. The summed E-state index contributed by atoms with van der Waals surface area (Å²) in [5, 5.41) is 3.46. The Morgan fingerprint density at radius 1 is 1.03 bits per heavy atom. The van der Waals surface area contributed by atoms with Gasteiger partial charge in [-0.15, -0.1) is 0 Å². The van der Waals surface area contributed by atoms with Crippen LogP contribution in [0.3, 0.4) is 0 Å². The molecule has 0 saturated heterocycles. The van der Waals surface area contributed by atoms with E-state index in [2.05, 4.69) is 5.32 Å². The molecule has 2 aromatic carbocycles. The van der Waals surface area contributed by atoms with Gasteiger partial charge in [-0.05, 0) is 56.5 Å². The largest absolute Gasteiger partial charge is 0.352 e. The third kappa shape index (κ3) is 8.06. The summed E-state index contributed by atoms with van der Waals surface area (Å²) in [6.45, 7) is 6.57. The van der Waals surface area contributed by atoms with E-state index in [0.29, 0.717) is 17.0 Å². The molecule has 2 aromatic rings. The first kappa shape index (κ1) is 29.3. The minimum absolute atomic E-state index is 0.0825. The number of nitrogens with zero attached hydrogens (tertiary/aromatic N) is 2. The molecule has 0 fully saturated rings. The van der Waals surface area contributed by atoms with Crippen LogP contribution in [0.2, 0.25) is 5.02 Å². The Morgan fingerprint density at radius 3 is 2.19 bits per heavy atom. The van der Waals surface area contributed by atoms with E-state index in [4.69, 9.17) is 11.6 Å². The predicted octanol–water partition coefficient (Wildman–Crippen LogP) is 4.03. The van der Waals surface area contributed by atoms with E-state index in [0.717, 1.165) is 22.5 Å². The second-order valence-corrected chi connectivity index (χ2v) is 11.1. The van der Waals surface area contributed by atoms with E-state index in [1.54, 1.807) is 43.3 Å². The number of benzene rings is 2. The average molecular weight is 536 g/mol. The molecule has 0 aromatic heterocycles. The molecule has 2 atom stereocenters. The van der Waals surface area contributed by atoms with Crippen LogP contribution in [0.5, 0.6) is 0 Å². The number of Topliss-reactive ketones (excluding diaryl/α,β-unsaturated/α-hetero) is 1. The summed E-state index contributed by atoms with van der Waals surface area (Å²) < 4.78 is 26.4. The fourth-order valence-corrected chi connectivity index (χ4v) is 4.61. The number of rotatable bonds is 12. The number of amides is 2. The monoisotopic (exact) mass is 535 g/mol. The lowest BCUT2D eigenvalue weighted by Gasteiger charge is -2.33. The average Bonchev–Trinajstić information content (AvgIpc) is 2.82. The van der Waals surface area contributed by atoms with Gasteiger partial charge in [0.15, 0.2) is 5.78 Å². The lowest BCUT2D eigenvalue weighted by molar-refractivity contribution is -0.140. The molecule has 2 rings (SSSR count). The zero-order valence-electron chi connectivity index (χ0n) is 21.3. The van der Waals surface area contributed by atoms with Crippen LogP contribution in [-0.4, -0.2) is 55.8 Å². The van der Waals surface area contributed by atoms with Crippen molar-refractivity contribution in [1.29, 1.82) is 0 Å². The lowest BCUT2D eigenvalue weighted by Crippen LogP contribution is -2.53. The maximum atomic E-state index is 13.7. The van der Waals surface area contributed by atoms with Gasteiger partial charge in [-0.25, -0.2) is 8.42 Å². The van der Waals surface area contributed by atoms with Gasteiger partial charge >= 0.3 is 0 Å². The maximum Gasteiger partial charge on any atom is 0.244 e. The van der Waals surface area contributed by atoms with E-state index in [-0.39, 0.29) is 30.0 Å². The SMILES string of the molecule is CC[C@H](C(=O)N[C@@H](C)CC)N(Cc1ccc(Cl)cc1)C(=O)CN(c1cccc(C(C)=O)c1)S(C)(=O)=O. The summed E-state index contributed by atoms with van der Waals surface area (Å²) in [5.41, 5.74) is 1.26. The number of ketones is 1. The Balaban J connectivity index is 2.47. The summed E-state index contributed by atoms with van der Waals surface area (Å²) in [5.74, 6) is -1.08. The van der Waals surface area contributed by atoms with Crippen molar-refractivity contribution >= 4 is 44.9 Å². The van der Waals surface area contributed by atoms with E-state index < -0.39 is 28.5 Å². The van der Waals surface area contributed by atoms with Crippen molar-refractivity contribution < 1.29 is 22.8 Å². The number of hydrogen-bond donors (Lipinski definition) is 1. The molecule has 0 aliphatic rings. The Kier molecular flexibility index (Phi) is 10.5.